The van der Waals surface area contributed by atoms with Gasteiger partial charge in [0.25, 0.3) is 5.22 Å². The van der Waals surface area contributed by atoms with Crippen molar-refractivity contribution < 1.29 is 9.21 Å². The fraction of sp³-hybridized carbons (Fsp3) is 0.211. The molecule has 1 N–H and O–H groups in total. The Kier molecular flexibility index (Phi) is 5.96. The van der Waals surface area contributed by atoms with Crippen LogP contribution in [-0.2, 0) is 11.2 Å². The number of thioether (sulfide) groups is 1. The molecule has 1 amide bonds. The molecular weight excluding hydrogens is 370 g/mol. The quantitative estimate of drug-likeness (QED) is 0.618. The number of nitrogens with zero attached hydrogens (tertiary/aromatic N) is 2. The summed E-state index contributed by atoms with van der Waals surface area (Å²) in [5, 5.41) is 11.6. The zero-order valence-corrected chi connectivity index (χ0v) is 16.0. The Labute approximate surface area is 161 Å². The summed E-state index contributed by atoms with van der Waals surface area (Å²) in [4.78, 5) is 12.4. The van der Waals surface area contributed by atoms with Gasteiger partial charge in [0.05, 0.1) is 11.7 Å². The Bertz CT molecular complexity index is 899. The number of hydrogen-bond acceptors (Lipinski definition) is 5. The lowest BCUT2D eigenvalue weighted by Crippen LogP contribution is -2.22. The van der Waals surface area contributed by atoms with Crippen molar-refractivity contribution in [3.63, 3.8) is 0 Å². The minimum atomic E-state index is -0.390. The molecule has 7 heteroatoms. The van der Waals surface area contributed by atoms with Gasteiger partial charge in [0.1, 0.15) is 0 Å². The van der Waals surface area contributed by atoms with E-state index in [0.717, 1.165) is 11.1 Å². The van der Waals surface area contributed by atoms with E-state index >= 15 is 0 Å². The highest BCUT2D eigenvalue weighted by Gasteiger charge is 2.19. The Balaban J connectivity index is 1.60. The van der Waals surface area contributed by atoms with Crippen LogP contribution < -0.4 is 5.32 Å². The lowest BCUT2D eigenvalue weighted by atomic mass is 10.2. The van der Waals surface area contributed by atoms with E-state index in [1.807, 2.05) is 43.3 Å². The summed E-state index contributed by atoms with van der Waals surface area (Å²) in [7, 11) is 0. The van der Waals surface area contributed by atoms with E-state index in [1.54, 1.807) is 19.1 Å². The van der Waals surface area contributed by atoms with Crippen LogP contribution in [-0.4, -0.2) is 21.4 Å². The van der Waals surface area contributed by atoms with Gasteiger partial charge in [-0.3, -0.25) is 4.79 Å². The highest BCUT2D eigenvalue weighted by atomic mass is 35.5. The second-order valence-corrected chi connectivity index (χ2v) is 7.49. The summed E-state index contributed by atoms with van der Waals surface area (Å²) < 4.78 is 5.64. The van der Waals surface area contributed by atoms with Gasteiger partial charge in [-0.15, -0.1) is 10.2 Å². The number of hydrogen-bond donors (Lipinski definition) is 1. The van der Waals surface area contributed by atoms with Crippen molar-refractivity contribution in [1.82, 2.24) is 10.2 Å². The second kappa shape index (κ2) is 8.38. The largest absolute Gasteiger partial charge is 0.416 e. The van der Waals surface area contributed by atoms with Gasteiger partial charge in [-0.25, -0.2) is 0 Å². The van der Waals surface area contributed by atoms with Crippen molar-refractivity contribution in [2.24, 2.45) is 0 Å². The standard InChI is InChI=1S/C19H18ClN3O2S/c1-12-15(20)9-6-10-16(12)21-18(24)13(2)26-19-23-22-17(25-19)11-14-7-4-3-5-8-14/h3-10,13H,11H2,1-2H3,(H,21,24)/t13-/m0/s1. The first-order valence-corrected chi connectivity index (χ1v) is 9.37. The number of rotatable bonds is 6. The molecular formula is C19H18ClN3O2S. The molecule has 134 valence electrons. The van der Waals surface area contributed by atoms with Gasteiger partial charge in [-0.05, 0) is 37.1 Å². The number of aromatic nitrogens is 2. The minimum absolute atomic E-state index is 0.150. The molecule has 5 nitrogen and oxygen atoms in total. The maximum absolute atomic E-state index is 12.4. The second-order valence-electron chi connectivity index (χ2n) is 5.79. The van der Waals surface area contributed by atoms with Gasteiger partial charge in [-0.1, -0.05) is 59.8 Å². The average Bonchev–Trinajstić information content (AvgIpc) is 3.06. The van der Waals surface area contributed by atoms with Gasteiger partial charge < -0.3 is 9.73 Å². The lowest BCUT2D eigenvalue weighted by molar-refractivity contribution is -0.115. The fourth-order valence-electron chi connectivity index (χ4n) is 2.31. The molecule has 0 unspecified atom stereocenters. The lowest BCUT2D eigenvalue weighted by Gasteiger charge is -2.12. The third kappa shape index (κ3) is 4.65. The summed E-state index contributed by atoms with van der Waals surface area (Å²) in [6.07, 6.45) is 0.566. The van der Waals surface area contributed by atoms with Crippen molar-refractivity contribution in [3.8, 4) is 0 Å². The third-order valence-electron chi connectivity index (χ3n) is 3.82. The van der Waals surface area contributed by atoms with E-state index in [0.29, 0.717) is 28.2 Å². The molecule has 0 saturated heterocycles. The van der Waals surface area contributed by atoms with E-state index in [1.165, 1.54) is 11.8 Å². The first-order valence-electron chi connectivity index (χ1n) is 8.12. The van der Waals surface area contributed by atoms with Crippen LogP contribution >= 0.6 is 23.4 Å². The van der Waals surface area contributed by atoms with Crippen LogP contribution in [0.5, 0.6) is 0 Å². The molecule has 3 aromatic rings. The van der Waals surface area contributed by atoms with Crippen molar-refractivity contribution >= 4 is 35.0 Å². The molecule has 26 heavy (non-hydrogen) atoms. The Hall–Kier alpha value is -2.31. The van der Waals surface area contributed by atoms with Gasteiger partial charge in [0.2, 0.25) is 11.8 Å². The van der Waals surface area contributed by atoms with Crippen molar-refractivity contribution in [1.29, 1.82) is 0 Å². The minimum Gasteiger partial charge on any atom is -0.416 e. The average molecular weight is 388 g/mol. The highest BCUT2D eigenvalue weighted by Crippen LogP contribution is 2.26. The Morgan fingerprint density at radius 2 is 1.96 bits per heavy atom. The number of anilines is 1. The van der Waals surface area contributed by atoms with E-state index in [-0.39, 0.29) is 5.91 Å². The molecule has 2 aromatic carbocycles. The number of amides is 1. The van der Waals surface area contributed by atoms with Crippen molar-refractivity contribution in [2.45, 2.75) is 30.7 Å². The van der Waals surface area contributed by atoms with Crippen LogP contribution in [0.4, 0.5) is 5.69 Å². The van der Waals surface area contributed by atoms with Crippen molar-refractivity contribution in [2.75, 3.05) is 5.32 Å². The molecule has 1 atom stereocenters. The van der Waals surface area contributed by atoms with Crippen LogP contribution in [0.15, 0.2) is 58.2 Å². The summed E-state index contributed by atoms with van der Waals surface area (Å²) in [6.45, 7) is 3.66. The smallest absolute Gasteiger partial charge is 0.277 e. The Morgan fingerprint density at radius 3 is 2.73 bits per heavy atom. The first-order chi connectivity index (χ1) is 12.5. The van der Waals surface area contributed by atoms with E-state index in [9.17, 15) is 4.79 Å². The predicted molar refractivity (Wildman–Crippen MR) is 104 cm³/mol. The van der Waals surface area contributed by atoms with Crippen LogP contribution in [0.1, 0.15) is 23.9 Å². The van der Waals surface area contributed by atoms with Gasteiger partial charge >= 0.3 is 0 Å². The monoisotopic (exact) mass is 387 g/mol. The molecule has 0 aliphatic rings. The maximum Gasteiger partial charge on any atom is 0.277 e. The molecule has 0 aliphatic heterocycles. The SMILES string of the molecule is Cc1c(Cl)cccc1NC(=O)[C@H](C)Sc1nnc(Cc2ccccc2)o1. The molecule has 0 radical (unpaired) electrons. The zero-order chi connectivity index (χ0) is 18.5. The van der Waals surface area contributed by atoms with Crippen LogP contribution in [0.25, 0.3) is 0 Å². The summed E-state index contributed by atoms with van der Waals surface area (Å²) in [5.41, 5.74) is 2.63. The van der Waals surface area contributed by atoms with Gasteiger partial charge in [0, 0.05) is 10.7 Å². The molecule has 1 aromatic heterocycles. The third-order valence-corrected chi connectivity index (χ3v) is 5.16. The number of carbonyl (C=O) groups is 1. The number of carbonyl (C=O) groups excluding carboxylic acids is 1. The van der Waals surface area contributed by atoms with E-state index in [4.69, 9.17) is 16.0 Å². The summed E-state index contributed by atoms with van der Waals surface area (Å²) >= 11 is 7.31. The van der Waals surface area contributed by atoms with Crippen LogP contribution in [0, 0.1) is 6.92 Å². The fourth-order valence-corrected chi connectivity index (χ4v) is 3.18. The molecule has 3 rings (SSSR count). The van der Waals surface area contributed by atoms with Gasteiger partial charge in [-0.2, -0.15) is 0 Å². The molecule has 1 heterocycles. The molecule has 0 fully saturated rings. The van der Waals surface area contributed by atoms with Crippen molar-refractivity contribution in [3.05, 3.63) is 70.6 Å². The predicted octanol–water partition coefficient (Wildman–Crippen LogP) is 4.74. The van der Waals surface area contributed by atoms with Crippen LogP contribution in [0.2, 0.25) is 5.02 Å². The summed E-state index contributed by atoms with van der Waals surface area (Å²) in [5.74, 6) is 0.375. The highest BCUT2D eigenvalue weighted by molar-refractivity contribution is 8.00. The molecule has 0 bridgehead atoms. The topological polar surface area (TPSA) is 68.0 Å². The molecule has 0 saturated carbocycles. The normalized spacial score (nSPS) is 12.0. The number of benzene rings is 2. The number of nitrogens with one attached hydrogen (secondary N) is 1. The number of halogens is 1. The first kappa shape index (κ1) is 18.5. The van der Waals surface area contributed by atoms with E-state index < -0.39 is 5.25 Å². The molecule has 0 aliphatic carbocycles. The van der Waals surface area contributed by atoms with Crippen LogP contribution in [0.3, 0.4) is 0 Å². The molecule has 0 spiro atoms. The van der Waals surface area contributed by atoms with Gasteiger partial charge in [0.15, 0.2) is 0 Å². The Morgan fingerprint density at radius 1 is 1.19 bits per heavy atom. The maximum atomic E-state index is 12.4. The summed E-state index contributed by atoms with van der Waals surface area (Å²) in [6, 6.07) is 15.3. The van der Waals surface area contributed by atoms with E-state index in [2.05, 4.69) is 15.5 Å². The zero-order valence-electron chi connectivity index (χ0n) is 14.4.